The lowest BCUT2D eigenvalue weighted by Crippen LogP contribution is -2.35. The number of carbonyl (C=O) groups excluding carboxylic acids is 1. The Hall–Kier alpha value is -2.14. The second-order valence-electron chi connectivity index (χ2n) is 5.73. The molecule has 23 heavy (non-hydrogen) atoms. The van der Waals surface area contributed by atoms with Crippen molar-refractivity contribution in [2.75, 3.05) is 6.54 Å². The van der Waals surface area contributed by atoms with E-state index >= 15 is 0 Å². The van der Waals surface area contributed by atoms with Gasteiger partial charge in [-0.25, -0.2) is 0 Å². The second-order valence-corrected chi connectivity index (χ2v) is 5.73. The Kier molecular flexibility index (Phi) is 6.35. The molecule has 0 aliphatic heterocycles. The van der Waals surface area contributed by atoms with Crippen molar-refractivity contribution >= 4 is 5.91 Å². The molecular weight excluding hydrogens is 290 g/mol. The molecule has 0 saturated carbocycles. The van der Waals surface area contributed by atoms with Gasteiger partial charge >= 0.3 is 0 Å². The summed E-state index contributed by atoms with van der Waals surface area (Å²) >= 11 is 0. The molecule has 0 aliphatic carbocycles. The molecule has 2 rings (SSSR count). The first kappa shape index (κ1) is 17.2. The average molecular weight is 315 g/mol. The highest BCUT2D eigenvalue weighted by Crippen LogP contribution is 2.04. The van der Waals surface area contributed by atoms with Crippen LogP contribution in [0, 0.1) is 13.8 Å². The largest absolute Gasteiger partial charge is 0.364 e. The molecule has 1 amide bonds. The van der Waals surface area contributed by atoms with E-state index in [-0.39, 0.29) is 5.91 Å². The van der Waals surface area contributed by atoms with E-state index in [1.54, 1.807) is 6.92 Å². The number of nitrogens with zero attached hydrogens (tertiary/aromatic N) is 2. The summed E-state index contributed by atoms with van der Waals surface area (Å²) in [5.74, 6) is -0.0747. The molecule has 1 atom stereocenters. The number of ether oxygens (including phenoxy) is 1. The second kappa shape index (κ2) is 8.48. The Morgan fingerprint density at radius 1 is 1.30 bits per heavy atom. The molecule has 5 heteroatoms. The summed E-state index contributed by atoms with van der Waals surface area (Å²) in [6.07, 6.45) is 0.392. The van der Waals surface area contributed by atoms with Crippen molar-refractivity contribution < 1.29 is 9.53 Å². The molecule has 1 aromatic carbocycles. The minimum atomic E-state index is -0.455. The first-order valence-corrected chi connectivity index (χ1v) is 8.00. The average Bonchev–Trinajstić information content (AvgIpc) is 2.87. The van der Waals surface area contributed by atoms with Crippen LogP contribution < -0.4 is 5.32 Å². The van der Waals surface area contributed by atoms with Gasteiger partial charge in [-0.1, -0.05) is 30.3 Å². The third kappa shape index (κ3) is 5.53. The van der Waals surface area contributed by atoms with E-state index in [1.165, 1.54) is 0 Å². The maximum absolute atomic E-state index is 12.0. The molecule has 0 bridgehead atoms. The number of amides is 1. The van der Waals surface area contributed by atoms with Crippen molar-refractivity contribution in [3.05, 3.63) is 53.3 Å². The third-order valence-corrected chi connectivity index (χ3v) is 3.66. The van der Waals surface area contributed by atoms with Gasteiger partial charge in [0, 0.05) is 18.8 Å². The molecule has 1 N–H and O–H groups in total. The normalized spacial score (nSPS) is 12.1. The van der Waals surface area contributed by atoms with Gasteiger partial charge in [-0.2, -0.15) is 5.10 Å². The Morgan fingerprint density at radius 3 is 2.70 bits per heavy atom. The van der Waals surface area contributed by atoms with E-state index in [2.05, 4.69) is 16.5 Å². The van der Waals surface area contributed by atoms with Crippen molar-refractivity contribution in [1.29, 1.82) is 0 Å². The summed E-state index contributed by atoms with van der Waals surface area (Å²) in [5, 5.41) is 7.31. The van der Waals surface area contributed by atoms with Crippen LogP contribution in [0.25, 0.3) is 0 Å². The van der Waals surface area contributed by atoms with Crippen LogP contribution >= 0.6 is 0 Å². The van der Waals surface area contributed by atoms with E-state index < -0.39 is 6.10 Å². The SMILES string of the molecule is Cc1cc(C)n(CCCNC(=O)[C@H](C)OCc2ccccc2)n1. The topological polar surface area (TPSA) is 56.2 Å². The van der Waals surface area contributed by atoms with E-state index in [0.717, 1.165) is 29.9 Å². The fraction of sp³-hybridized carbons (Fsp3) is 0.444. The molecule has 0 unspecified atom stereocenters. The van der Waals surface area contributed by atoms with E-state index in [0.29, 0.717) is 13.2 Å². The monoisotopic (exact) mass is 315 g/mol. The standard InChI is InChI=1S/C18H25N3O2/c1-14-12-15(2)21(20-14)11-7-10-19-18(22)16(3)23-13-17-8-5-4-6-9-17/h4-6,8-9,12,16H,7,10-11,13H2,1-3H3,(H,19,22)/t16-/m0/s1. The molecule has 0 spiro atoms. The Bertz CT molecular complexity index is 622. The zero-order valence-electron chi connectivity index (χ0n) is 14.1. The fourth-order valence-corrected chi connectivity index (χ4v) is 2.36. The molecule has 1 heterocycles. The number of nitrogens with one attached hydrogen (secondary N) is 1. The van der Waals surface area contributed by atoms with Crippen molar-refractivity contribution in [2.24, 2.45) is 0 Å². The third-order valence-electron chi connectivity index (χ3n) is 3.66. The van der Waals surface area contributed by atoms with Crippen LogP contribution in [0.2, 0.25) is 0 Å². The van der Waals surface area contributed by atoms with Gasteiger partial charge in [-0.15, -0.1) is 0 Å². The Labute approximate surface area is 137 Å². The predicted molar refractivity (Wildman–Crippen MR) is 90.0 cm³/mol. The zero-order chi connectivity index (χ0) is 16.7. The highest BCUT2D eigenvalue weighted by Gasteiger charge is 2.12. The van der Waals surface area contributed by atoms with Crippen LogP contribution in [0.3, 0.4) is 0 Å². The molecule has 5 nitrogen and oxygen atoms in total. The number of hydrogen-bond acceptors (Lipinski definition) is 3. The van der Waals surface area contributed by atoms with Gasteiger partial charge < -0.3 is 10.1 Å². The first-order chi connectivity index (χ1) is 11.1. The van der Waals surface area contributed by atoms with Crippen LogP contribution in [0.1, 0.15) is 30.3 Å². The molecule has 0 saturated heterocycles. The fourth-order valence-electron chi connectivity index (χ4n) is 2.36. The summed E-state index contributed by atoms with van der Waals surface area (Å²) in [6.45, 7) is 7.67. The van der Waals surface area contributed by atoms with Gasteiger partial charge in [0.1, 0.15) is 6.10 Å². The maximum atomic E-state index is 12.0. The highest BCUT2D eigenvalue weighted by molar-refractivity contribution is 5.80. The summed E-state index contributed by atoms with van der Waals surface area (Å²) in [7, 11) is 0. The van der Waals surface area contributed by atoms with Crippen LogP contribution in [0.4, 0.5) is 0 Å². The van der Waals surface area contributed by atoms with Crippen LogP contribution in [-0.2, 0) is 22.7 Å². The van der Waals surface area contributed by atoms with E-state index in [9.17, 15) is 4.79 Å². The van der Waals surface area contributed by atoms with E-state index in [1.807, 2.05) is 48.9 Å². The minimum Gasteiger partial charge on any atom is -0.364 e. The smallest absolute Gasteiger partial charge is 0.248 e. The Morgan fingerprint density at radius 2 is 2.04 bits per heavy atom. The molecule has 2 aromatic rings. The molecule has 0 aliphatic rings. The quantitative estimate of drug-likeness (QED) is 0.762. The zero-order valence-corrected chi connectivity index (χ0v) is 14.1. The number of hydrogen-bond donors (Lipinski definition) is 1. The number of aromatic nitrogens is 2. The number of carbonyl (C=O) groups is 1. The van der Waals surface area contributed by atoms with Crippen LogP contribution in [0.15, 0.2) is 36.4 Å². The lowest BCUT2D eigenvalue weighted by molar-refractivity contribution is -0.132. The first-order valence-electron chi connectivity index (χ1n) is 8.00. The number of aryl methyl sites for hydroxylation is 3. The summed E-state index contributed by atoms with van der Waals surface area (Å²) < 4.78 is 7.57. The minimum absolute atomic E-state index is 0.0747. The van der Waals surface area contributed by atoms with Crippen LogP contribution in [0.5, 0.6) is 0 Å². The van der Waals surface area contributed by atoms with Crippen molar-refractivity contribution in [2.45, 2.75) is 46.4 Å². The number of rotatable bonds is 8. The lowest BCUT2D eigenvalue weighted by atomic mass is 10.2. The lowest BCUT2D eigenvalue weighted by Gasteiger charge is -2.13. The summed E-state index contributed by atoms with van der Waals surface area (Å²) in [6, 6.07) is 11.9. The predicted octanol–water partition coefficient (Wildman–Crippen LogP) is 2.61. The molecule has 1 aromatic heterocycles. The highest BCUT2D eigenvalue weighted by atomic mass is 16.5. The van der Waals surface area contributed by atoms with Gasteiger partial charge in [0.15, 0.2) is 0 Å². The summed E-state index contributed by atoms with van der Waals surface area (Å²) in [4.78, 5) is 12.0. The van der Waals surface area contributed by atoms with Gasteiger partial charge in [0.25, 0.3) is 0 Å². The van der Waals surface area contributed by atoms with E-state index in [4.69, 9.17) is 4.74 Å². The molecule has 0 radical (unpaired) electrons. The van der Waals surface area contributed by atoms with Crippen LogP contribution in [-0.4, -0.2) is 28.3 Å². The molecule has 124 valence electrons. The van der Waals surface area contributed by atoms with Crippen molar-refractivity contribution in [3.63, 3.8) is 0 Å². The number of benzene rings is 1. The molecular formula is C18H25N3O2. The Balaban J connectivity index is 1.65. The van der Waals surface area contributed by atoms with Gasteiger partial charge in [0.2, 0.25) is 5.91 Å². The van der Waals surface area contributed by atoms with Crippen molar-refractivity contribution in [3.8, 4) is 0 Å². The summed E-state index contributed by atoms with van der Waals surface area (Å²) in [5.41, 5.74) is 3.24. The maximum Gasteiger partial charge on any atom is 0.248 e. The molecule has 0 fully saturated rings. The van der Waals surface area contributed by atoms with Gasteiger partial charge in [0.05, 0.1) is 12.3 Å². The van der Waals surface area contributed by atoms with Gasteiger partial charge in [-0.05, 0) is 38.8 Å². The van der Waals surface area contributed by atoms with Crippen molar-refractivity contribution in [1.82, 2.24) is 15.1 Å². The van der Waals surface area contributed by atoms with Gasteiger partial charge in [-0.3, -0.25) is 9.48 Å².